The van der Waals surface area contributed by atoms with Crippen LogP contribution in [0.25, 0.3) is 0 Å². The number of halogens is 2. The van der Waals surface area contributed by atoms with Crippen molar-refractivity contribution in [2.75, 3.05) is 19.8 Å². The molecule has 0 aliphatic carbocycles. The third-order valence-corrected chi connectivity index (χ3v) is 5.03. The number of rotatable bonds is 8. The topological polar surface area (TPSA) is 88.4 Å². The second-order valence-electron chi connectivity index (χ2n) is 6.84. The maximum atomic E-state index is 13.6. The fourth-order valence-electron chi connectivity index (χ4n) is 2.92. The molecule has 0 amide bonds. The van der Waals surface area contributed by atoms with Crippen LogP contribution < -0.4 is 10.6 Å². The van der Waals surface area contributed by atoms with Gasteiger partial charge in [0, 0.05) is 38.6 Å². The number of nitrogens with one attached hydrogen (secondary N) is 2. The summed E-state index contributed by atoms with van der Waals surface area (Å²) in [5.74, 6) is 0.0451. The monoisotopic (exact) mass is 537 g/mol. The highest BCUT2D eigenvalue weighted by Crippen LogP contribution is 2.14. The van der Waals surface area contributed by atoms with Gasteiger partial charge in [0.2, 0.25) is 0 Å². The van der Waals surface area contributed by atoms with Gasteiger partial charge in [0.25, 0.3) is 0 Å². The zero-order chi connectivity index (χ0) is 20.7. The quantitative estimate of drug-likeness (QED) is 0.234. The number of benzene rings is 1. The van der Waals surface area contributed by atoms with Gasteiger partial charge in [-0.2, -0.15) is 5.10 Å². The van der Waals surface area contributed by atoms with Gasteiger partial charge in [-0.25, -0.2) is 12.8 Å². The standard InChI is InChI=1S/C19H28FN5O2S.HI/c1-14-10-15(2)25(24-14)9-5-8-22-19(21-3)23-12-17-11-18(20)7-6-16(17)13-28(4,26)27;/h6-7,10-11H,5,8-9,12-13H2,1-4H3,(H2,21,22,23);1H. The number of sulfone groups is 1. The normalized spacial score (nSPS) is 11.8. The Kier molecular flexibility index (Phi) is 10.0. The lowest BCUT2D eigenvalue weighted by atomic mass is 10.1. The Bertz CT molecular complexity index is 944. The Morgan fingerprint density at radius 2 is 1.93 bits per heavy atom. The van der Waals surface area contributed by atoms with E-state index in [0.717, 1.165) is 30.6 Å². The Labute approximate surface area is 189 Å². The number of hydrogen-bond donors (Lipinski definition) is 2. The van der Waals surface area contributed by atoms with Gasteiger partial charge < -0.3 is 10.6 Å². The maximum absolute atomic E-state index is 13.6. The first-order valence-electron chi connectivity index (χ1n) is 9.08. The molecule has 0 saturated carbocycles. The van der Waals surface area contributed by atoms with E-state index in [1.165, 1.54) is 18.2 Å². The molecular formula is C19H29FIN5O2S. The number of nitrogens with zero attached hydrogens (tertiary/aromatic N) is 3. The lowest BCUT2D eigenvalue weighted by Gasteiger charge is -2.14. The van der Waals surface area contributed by atoms with Crippen molar-refractivity contribution in [3.8, 4) is 0 Å². The smallest absolute Gasteiger partial charge is 0.191 e. The lowest BCUT2D eigenvalue weighted by molar-refractivity contribution is 0.555. The van der Waals surface area contributed by atoms with E-state index in [-0.39, 0.29) is 36.3 Å². The van der Waals surface area contributed by atoms with Crippen molar-refractivity contribution in [3.05, 3.63) is 52.6 Å². The molecule has 2 rings (SSSR count). The minimum atomic E-state index is -3.21. The summed E-state index contributed by atoms with van der Waals surface area (Å²) in [4.78, 5) is 4.16. The molecule has 0 bridgehead atoms. The summed E-state index contributed by atoms with van der Waals surface area (Å²) in [6.07, 6.45) is 2.03. The minimum Gasteiger partial charge on any atom is -0.356 e. The van der Waals surface area contributed by atoms with E-state index >= 15 is 0 Å². The predicted octanol–water partition coefficient (Wildman–Crippen LogP) is 2.56. The lowest BCUT2D eigenvalue weighted by Crippen LogP contribution is -2.37. The molecule has 1 heterocycles. The highest BCUT2D eigenvalue weighted by atomic mass is 127. The molecule has 2 aromatic rings. The average Bonchev–Trinajstić information content (AvgIpc) is 2.92. The molecule has 0 atom stereocenters. The molecule has 2 N–H and O–H groups in total. The highest BCUT2D eigenvalue weighted by Gasteiger charge is 2.11. The minimum absolute atomic E-state index is 0. The molecule has 0 aliphatic heterocycles. The van der Waals surface area contributed by atoms with Crippen LogP contribution in [-0.2, 0) is 28.7 Å². The van der Waals surface area contributed by atoms with Crippen molar-refractivity contribution >= 4 is 39.8 Å². The number of guanidine groups is 1. The zero-order valence-electron chi connectivity index (χ0n) is 17.2. The van der Waals surface area contributed by atoms with Crippen LogP contribution in [0, 0.1) is 19.7 Å². The fourth-order valence-corrected chi connectivity index (χ4v) is 3.77. The molecule has 0 saturated heterocycles. The summed E-state index contributed by atoms with van der Waals surface area (Å²) in [7, 11) is -1.55. The Morgan fingerprint density at radius 1 is 1.21 bits per heavy atom. The Morgan fingerprint density at radius 3 is 2.52 bits per heavy atom. The maximum Gasteiger partial charge on any atom is 0.191 e. The number of aliphatic imine (C=N–C) groups is 1. The van der Waals surface area contributed by atoms with Crippen LogP contribution in [0.3, 0.4) is 0 Å². The van der Waals surface area contributed by atoms with Crippen molar-refractivity contribution in [1.82, 2.24) is 20.4 Å². The predicted molar refractivity (Wildman–Crippen MR) is 125 cm³/mol. The van der Waals surface area contributed by atoms with Gasteiger partial charge in [0.1, 0.15) is 5.82 Å². The summed E-state index contributed by atoms with van der Waals surface area (Å²) in [5, 5.41) is 10.7. The van der Waals surface area contributed by atoms with Crippen LogP contribution in [0.15, 0.2) is 29.3 Å². The Hall–Kier alpha value is -1.69. The molecule has 162 valence electrons. The molecular weight excluding hydrogens is 508 g/mol. The summed E-state index contributed by atoms with van der Waals surface area (Å²) in [6, 6.07) is 6.18. The highest BCUT2D eigenvalue weighted by molar-refractivity contribution is 14.0. The third-order valence-electron chi connectivity index (χ3n) is 4.20. The Balaban J connectivity index is 0.00000420. The molecule has 0 fully saturated rings. The second-order valence-corrected chi connectivity index (χ2v) is 8.98. The van der Waals surface area contributed by atoms with Gasteiger partial charge in [0.15, 0.2) is 15.8 Å². The largest absolute Gasteiger partial charge is 0.356 e. The first-order chi connectivity index (χ1) is 13.2. The van der Waals surface area contributed by atoms with E-state index in [0.29, 0.717) is 23.6 Å². The van der Waals surface area contributed by atoms with E-state index in [9.17, 15) is 12.8 Å². The van der Waals surface area contributed by atoms with E-state index in [1.54, 1.807) is 7.05 Å². The second kappa shape index (κ2) is 11.5. The third kappa shape index (κ3) is 8.69. The van der Waals surface area contributed by atoms with Crippen LogP contribution in [0.1, 0.15) is 28.9 Å². The van der Waals surface area contributed by atoms with E-state index in [2.05, 4.69) is 20.7 Å². The SMILES string of the molecule is CN=C(NCCCn1nc(C)cc1C)NCc1cc(F)ccc1CS(C)(=O)=O.I. The molecule has 1 aromatic carbocycles. The van der Waals surface area contributed by atoms with Crippen LogP contribution in [0.2, 0.25) is 0 Å². The van der Waals surface area contributed by atoms with Gasteiger partial charge in [-0.05, 0) is 49.6 Å². The van der Waals surface area contributed by atoms with Crippen LogP contribution >= 0.6 is 24.0 Å². The van der Waals surface area contributed by atoms with Gasteiger partial charge in [-0.1, -0.05) is 6.07 Å². The number of aromatic nitrogens is 2. The van der Waals surface area contributed by atoms with Crippen LogP contribution in [0.5, 0.6) is 0 Å². The van der Waals surface area contributed by atoms with Crippen LogP contribution in [0.4, 0.5) is 4.39 Å². The van der Waals surface area contributed by atoms with Crippen molar-refractivity contribution < 1.29 is 12.8 Å². The molecule has 0 radical (unpaired) electrons. The summed E-state index contributed by atoms with van der Waals surface area (Å²) in [6.45, 7) is 5.77. The first kappa shape index (κ1) is 25.3. The molecule has 29 heavy (non-hydrogen) atoms. The summed E-state index contributed by atoms with van der Waals surface area (Å²) >= 11 is 0. The van der Waals surface area contributed by atoms with Crippen molar-refractivity contribution in [2.45, 2.75) is 39.1 Å². The number of aryl methyl sites for hydroxylation is 3. The summed E-state index contributed by atoms with van der Waals surface area (Å²) < 4.78 is 38.8. The molecule has 7 nitrogen and oxygen atoms in total. The van der Waals surface area contributed by atoms with Crippen LogP contribution in [-0.4, -0.2) is 44.0 Å². The van der Waals surface area contributed by atoms with Gasteiger partial charge in [-0.15, -0.1) is 24.0 Å². The molecule has 0 aliphatic rings. The molecule has 0 spiro atoms. The molecule has 10 heteroatoms. The van der Waals surface area contributed by atoms with E-state index in [1.807, 2.05) is 24.6 Å². The molecule has 1 aromatic heterocycles. The first-order valence-corrected chi connectivity index (χ1v) is 11.1. The van der Waals surface area contributed by atoms with Crippen molar-refractivity contribution in [3.63, 3.8) is 0 Å². The zero-order valence-corrected chi connectivity index (χ0v) is 20.3. The average molecular weight is 537 g/mol. The fraction of sp³-hybridized carbons (Fsp3) is 0.474. The van der Waals surface area contributed by atoms with E-state index in [4.69, 9.17) is 0 Å². The van der Waals surface area contributed by atoms with E-state index < -0.39 is 15.7 Å². The van der Waals surface area contributed by atoms with Crippen molar-refractivity contribution in [1.29, 1.82) is 0 Å². The van der Waals surface area contributed by atoms with Gasteiger partial charge in [0.05, 0.1) is 11.4 Å². The van der Waals surface area contributed by atoms with Crippen molar-refractivity contribution in [2.24, 2.45) is 4.99 Å². The number of hydrogen-bond acceptors (Lipinski definition) is 4. The van der Waals surface area contributed by atoms with Gasteiger partial charge in [-0.3, -0.25) is 9.67 Å². The van der Waals surface area contributed by atoms with Gasteiger partial charge >= 0.3 is 0 Å². The molecule has 0 unspecified atom stereocenters. The summed E-state index contributed by atoms with van der Waals surface area (Å²) in [5.41, 5.74) is 3.31.